The van der Waals surface area contributed by atoms with Crippen LogP contribution in [0.1, 0.15) is 54.4 Å². The molecule has 0 aromatic carbocycles. The fraction of sp³-hybridized carbons (Fsp3) is 0.808. The van der Waals surface area contributed by atoms with Crippen LogP contribution in [0.5, 0.6) is 0 Å². The first-order valence-electron chi connectivity index (χ1n) is 13.5. The second-order valence-electron chi connectivity index (χ2n) is 9.68. The van der Waals surface area contributed by atoms with Gasteiger partial charge in [-0.05, 0) is 6.42 Å². The number of hydrogen-bond acceptors (Lipinski definition) is 16. The maximum atomic E-state index is 12.2. The molecule has 0 amide bonds. The first kappa shape index (κ1) is 35.3. The topological polar surface area (TPSA) is 209 Å². The minimum atomic E-state index is -1.66. The predicted molar refractivity (Wildman–Crippen MR) is 135 cm³/mol. The molecular weight excluding hydrogens is 568 g/mol. The highest BCUT2D eigenvalue weighted by Gasteiger charge is 2.56. The number of ether oxygens (including phenoxy) is 9. The number of esters is 5. The van der Waals surface area contributed by atoms with Crippen LogP contribution in [0.25, 0.3) is 0 Å². The molecule has 2 fully saturated rings. The largest absolute Gasteiger partial charge is 0.463 e. The van der Waals surface area contributed by atoms with Crippen LogP contribution in [0.3, 0.4) is 0 Å². The van der Waals surface area contributed by atoms with Crippen LogP contribution in [-0.4, -0.2) is 121 Å². The van der Waals surface area contributed by atoms with Gasteiger partial charge in [0.05, 0.1) is 6.61 Å². The van der Waals surface area contributed by atoms with Crippen molar-refractivity contribution in [2.45, 2.75) is 116 Å². The quantitative estimate of drug-likeness (QED) is 0.150. The molecule has 0 saturated carbocycles. The van der Waals surface area contributed by atoms with Crippen molar-refractivity contribution in [2.24, 2.45) is 0 Å². The van der Waals surface area contributed by atoms with Crippen molar-refractivity contribution in [3.8, 4) is 0 Å². The van der Waals surface area contributed by atoms with Crippen LogP contribution < -0.4 is 0 Å². The Morgan fingerprint density at radius 2 is 1.21 bits per heavy atom. The molecule has 0 bridgehead atoms. The van der Waals surface area contributed by atoms with E-state index in [1.165, 1.54) is 0 Å². The molecule has 10 atom stereocenters. The highest BCUT2D eigenvalue weighted by atomic mass is 16.8. The first-order valence-corrected chi connectivity index (χ1v) is 13.5. The van der Waals surface area contributed by atoms with Gasteiger partial charge < -0.3 is 52.8 Å². The molecule has 2 rings (SSSR count). The molecule has 2 aliphatic heterocycles. The maximum Gasteiger partial charge on any atom is 0.305 e. The minimum Gasteiger partial charge on any atom is -0.463 e. The Bertz CT molecular complexity index is 939. The standard InChI is InChI=1S/C26H40O16/c1-7-8-9-34-22-20(36-13(3)29)18(11-35-12(2)28)41-26(24(22)38-15(5)31)42-23-21(37-14(4)30)19(33)17(10-27)40-25(23)39-16(6)32/h17-27,33H,7-11H2,1-6H3/t17-,18+,19+,20+,21-,22-,23-,24-,25-,26+/m0/s1. The first-order chi connectivity index (χ1) is 19.8. The Kier molecular flexibility index (Phi) is 14.0. The molecule has 2 N–H and O–H groups in total. The summed E-state index contributed by atoms with van der Waals surface area (Å²) in [5.41, 5.74) is 0. The van der Waals surface area contributed by atoms with E-state index in [2.05, 4.69) is 0 Å². The Balaban J connectivity index is 2.59. The Morgan fingerprint density at radius 3 is 1.74 bits per heavy atom. The molecule has 240 valence electrons. The molecule has 0 unspecified atom stereocenters. The Labute approximate surface area is 242 Å². The molecule has 16 heteroatoms. The SMILES string of the molecule is CCCCO[C@@H]1[C@H](OC(C)=O)[C@@H](O[C@@H]2[C@@H](OC(C)=O)O[C@@H](CO)[C@@H](O)[C@@H]2OC(C)=O)O[C@H](COC(C)=O)[C@H]1OC(C)=O. The molecule has 0 spiro atoms. The normalized spacial score (nSPS) is 32.8. The average Bonchev–Trinajstić information content (AvgIpc) is 2.88. The number of aliphatic hydroxyl groups excluding tert-OH is 2. The second-order valence-corrected chi connectivity index (χ2v) is 9.68. The van der Waals surface area contributed by atoms with Gasteiger partial charge in [-0.25, -0.2) is 0 Å². The zero-order chi connectivity index (χ0) is 31.6. The lowest BCUT2D eigenvalue weighted by molar-refractivity contribution is -0.365. The van der Waals surface area contributed by atoms with Crippen molar-refractivity contribution >= 4 is 29.8 Å². The number of carbonyl (C=O) groups is 5. The van der Waals surface area contributed by atoms with E-state index in [1.807, 2.05) is 6.92 Å². The fourth-order valence-electron chi connectivity index (χ4n) is 4.45. The molecule has 0 radical (unpaired) electrons. The van der Waals surface area contributed by atoms with Gasteiger partial charge in [0.1, 0.15) is 31.0 Å². The van der Waals surface area contributed by atoms with Gasteiger partial charge in [-0.2, -0.15) is 0 Å². The number of carbonyl (C=O) groups excluding carboxylic acids is 5. The van der Waals surface area contributed by atoms with Crippen molar-refractivity contribution in [2.75, 3.05) is 19.8 Å². The lowest BCUT2D eigenvalue weighted by Gasteiger charge is -2.48. The monoisotopic (exact) mass is 608 g/mol. The van der Waals surface area contributed by atoms with Crippen LogP contribution in [0, 0.1) is 0 Å². The van der Waals surface area contributed by atoms with Gasteiger partial charge >= 0.3 is 29.8 Å². The summed E-state index contributed by atoms with van der Waals surface area (Å²) in [6.45, 7) is 6.40. The third-order valence-electron chi connectivity index (χ3n) is 6.13. The number of unbranched alkanes of at least 4 members (excludes halogenated alkanes) is 1. The summed E-state index contributed by atoms with van der Waals surface area (Å²) in [6.07, 6.45) is -13.3. The van der Waals surface area contributed by atoms with Crippen LogP contribution in [0.15, 0.2) is 0 Å². The Hall–Kier alpha value is -2.89. The molecule has 2 heterocycles. The lowest BCUT2D eigenvalue weighted by atomic mass is 9.96. The average molecular weight is 609 g/mol. The fourth-order valence-corrected chi connectivity index (χ4v) is 4.45. The van der Waals surface area contributed by atoms with Gasteiger partial charge in [0.2, 0.25) is 6.29 Å². The van der Waals surface area contributed by atoms with Crippen LogP contribution in [0.2, 0.25) is 0 Å². The number of rotatable bonds is 13. The molecule has 42 heavy (non-hydrogen) atoms. The van der Waals surface area contributed by atoms with Crippen LogP contribution in [0.4, 0.5) is 0 Å². The second kappa shape index (κ2) is 16.7. The van der Waals surface area contributed by atoms with Gasteiger partial charge in [0.25, 0.3) is 0 Å². The molecule has 0 aromatic heterocycles. The van der Waals surface area contributed by atoms with E-state index in [0.29, 0.717) is 6.42 Å². The summed E-state index contributed by atoms with van der Waals surface area (Å²) in [6, 6.07) is 0. The van der Waals surface area contributed by atoms with Crippen molar-refractivity contribution < 1.29 is 76.8 Å². The third kappa shape index (κ3) is 10.1. The van der Waals surface area contributed by atoms with Gasteiger partial charge in [0, 0.05) is 41.2 Å². The van der Waals surface area contributed by atoms with Crippen LogP contribution in [-0.2, 0) is 66.6 Å². The van der Waals surface area contributed by atoms with Crippen molar-refractivity contribution in [1.29, 1.82) is 0 Å². The minimum absolute atomic E-state index is 0.138. The zero-order valence-corrected chi connectivity index (χ0v) is 24.4. The van der Waals surface area contributed by atoms with Gasteiger partial charge in [-0.1, -0.05) is 13.3 Å². The van der Waals surface area contributed by atoms with Gasteiger partial charge in [-0.15, -0.1) is 0 Å². The van der Waals surface area contributed by atoms with Crippen LogP contribution >= 0.6 is 0 Å². The molecule has 2 aliphatic rings. The predicted octanol–water partition coefficient (Wildman–Crippen LogP) is -0.719. The highest BCUT2D eigenvalue weighted by Crippen LogP contribution is 2.34. The van der Waals surface area contributed by atoms with Gasteiger partial charge in [-0.3, -0.25) is 24.0 Å². The molecule has 0 aromatic rings. The smallest absolute Gasteiger partial charge is 0.305 e. The van der Waals surface area contributed by atoms with E-state index in [9.17, 15) is 34.2 Å². The lowest BCUT2D eigenvalue weighted by Crippen LogP contribution is -2.66. The summed E-state index contributed by atoms with van der Waals surface area (Å²) < 4.78 is 50.2. The molecule has 2 saturated heterocycles. The molecular formula is C26H40O16. The van der Waals surface area contributed by atoms with Gasteiger partial charge in [0.15, 0.2) is 30.7 Å². The third-order valence-corrected chi connectivity index (χ3v) is 6.13. The number of aliphatic hydroxyl groups is 2. The van der Waals surface area contributed by atoms with E-state index in [1.54, 1.807) is 0 Å². The summed E-state index contributed by atoms with van der Waals surface area (Å²) in [5, 5.41) is 20.5. The Morgan fingerprint density at radius 1 is 0.667 bits per heavy atom. The number of hydrogen-bond donors (Lipinski definition) is 2. The van der Waals surface area contributed by atoms with E-state index in [0.717, 1.165) is 41.0 Å². The molecule has 0 aliphatic carbocycles. The van der Waals surface area contributed by atoms with Crippen molar-refractivity contribution in [3.05, 3.63) is 0 Å². The molecule has 16 nitrogen and oxygen atoms in total. The summed E-state index contributed by atoms with van der Waals surface area (Å²) in [7, 11) is 0. The van der Waals surface area contributed by atoms with E-state index in [4.69, 9.17) is 42.6 Å². The van der Waals surface area contributed by atoms with Crippen molar-refractivity contribution in [3.63, 3.8) is 0 Å². The summed E-state index contributed by atoms with van der Waals surface area (Å²) >= 11 is 0. The van der Waals surface area contributed by atoms with E-state index < -0.39 is 104 Å². The summed E-state index contributed by atoms with van der Waals surface area (Å²) in [4.78, 5) is 59.7. The maximum absolute atomic E-state index is 12.2. The van der Waals surface area contributed by atoms with E-state index >= 15 is 0 Å². The highest BCUT2D eigenvalue weighted by molar-refractivity contribution is 5.68. The summed E-state index contributed by atoms with van der Waals surface area (Å²) in [5.74, 6) is -3.89. The van der Waals surface area contributed by atoms with Crippen molar-refractivity contribution in [1.82, 2.24) is 0 Å². The van der Waals surface area contributed by atoms with E-state index in [-0.39, 0.29) is 6.61 Å². The zero-order valence-electron chi connectivity index (χ0n) is 24.4.